The molecule has 9 fully saturated rings. The van der Waals surface area contributed by atoms with Crippen molar-refractivity contribution in [3.8, 4) is 0 Å². The third kappa shape index (κ3) is 23.2. The van der Waals surface area contributed by atoms with Crippen LogP contribution in [0.1, 0.15) is 13.3 Å². The van der Waals surface area contributed by atoms with Crippen molar-refractivity contribution in [2.45, 2.75) is 301 Å². The molecule has 35 N–H and O–H groups in total. The SMILES string of the molecule is C[C@@H]1O[C@@H](OC[C@H]2O[C@H](O[C@@H]3[C@H](O[C@@H]4O[C@H](CO[C@H]5O[C@H](CO)[C@@H](O)[C@H](O)[C@H]5O)[C@@H](O)[C@H](O)[C@H]4O)[C@@H](N)[C@@H](O[C@@H]4[C@H](O)[C@@H](O[C@H]5[C@H](OP(=O)(O)O)[C@@H]([C@H](CO)OP(=O)(O)O)O[C@H](O[C@H]6[C@@H]([C@H](O)CO)O[C@@](O)(C(=O)O)C[C@H]6O)[C@H]5OP(=O)(O)O)O[C@H]([C@@H](O)CO)[C@H]4O)O[C@@H]3CO)[C@H](O)[C@@H](O)[C@@H]2O)[C@H](O[C@@H]2O[C@H](CO)[C@@H](O)[C@H](O)[C@H]2O)[C@H](O)[C@H]1O. The number of aliphatic hydroxyl groups excluding tert-OH is 25. The van der Waals surface area contributed by atoms with Crippen molar-refractivity contribution in [1.29, 1.82) is 0 Å². The molecule has 0 spiro atoms. The van der Waals surface area contributed by atoms with Crippen LogP contribution in [-0.2, 0) is 113 Å². The molecule has 0 aliphatic carbocycles. The first kappa shape index (κ1) is 101. The fourth-order valence-corrected chi connectivity index (χ4v) is 16.0. The highest BCUT2D eigenvalue weighted by atomic mass is 31.2. The van der Waals surface area contributed by atoms with E-state index in [1.165, 1.54) is 6.92 Å². The number of hydrogen-bond acceptors (Lipinski definition) is 51. The minimum Gasteiger partial charge on any atom is -0.477 e. The summed E-state index contributed by atoms with van der Waals surface area (Å²) in [5, 5.41) is 295. The normalized spacial score (nSPS) is 48.2. The van der Waals surface area contributed by atoms with E-state index in [1.807, 2.05) is 0 Å². The molecule has 696 valence electrons. The fraction of sp³-hybridized carbons (Fsp3) is 0.983. The summed E-state index contributed by atoms with van der Waals surface area (Å²) in [5.41, 5.74) is 6.87. The summed E-state index contributed by atoms with van der Waals surface area (Å²) < 4.78 is 151. The topological polar surface area (TPSA) is 946 Å². The zero-order valence-electron chi connectivity index (χ0n) is 61.4. The number of phosphoric acid groups is 3. The Morgan fingerprint density at radius 3 is 1.27 bits per heavy atom. The standard InChI is InChI=1S/C58H102NO57P3/c1-11-22(69)31(78)45(111-51-33(80)28(75)24(71)16(6-63)101-51)55(99-11)98-10-20-26(73)29(76)34(81)52(103-20)107-41-17(7-64)102-49(21(59)43(41)109-53-35(82)30(77)25(72)19(104-53)9-97-50-32(79)27(74)23(70)15(5-62)100-50)110-44-36(83)38(13(67)3-60)105-54(37(44)84)112-46-47(115-118(91,92)93)42(18(8-65)114-117(88,89)90)108-56(48(46)116-119(94,95)96)106-39-12(66)2-58(87,57(85)86)113-40(39)14(68)4-61/h11-56,60-84,87H,2-10,59H2,1H3,(H,85,86)(H2,88,89,90)(H2,91,92,93)(H2,94,95,96)/t11-,12+,13-,14+,15+,16+,17+,18-,19+,20+,21+,22-,23+,24+,25+,26+,27-,28-,29-,30-,31+,32+,33+,34+,35+,36+,37-,38+,39+,40+,41-,42+,43+,44-,45+,46-,47+,48-,49+,50-,51-,52+,53-,54+,55+,56-,58+/m0/s1. The zero-order chi connectivity index (χ0) is 88.6. The Morgan fingerprint density at radius 2 is 0.790 bits per heavy atom. The highest BCUT2D eigenvalue weighted by molar-refractivity contribution is 7.46. The average molecular weight is 1820 g/mol. The number of ether oxygens (including phenoxy) is 17. The largest absolute Gasteiger partial charge is 0.477 e. The molecule has 0 unspecified atom stereocenters. The van der Waals surface area contributed by atoms with E-state index < -0.39 is 377 Å². The molecule has 0 bridgehead atoms. The van der Waals surface area contributed by atoms with E-state index in [0.29, 0.717) is 0 Å². The molecular weight excluding hydrogens is 1720 g/mol. The molecule has 0 radical (unpaired) electrons. The molecule has 0 aromatic heterocycles. The van der Waals surface area contributed by atoms with Gasteiger partial charge in [0.15, 0.2) is 50.3 Å². The van der Waals surface area contributed by atoms with E-state index in [4.69, 9.17) is 95.3 Å². The molecule has 0 aromatic rings. The number of nitrogens with two attached hydrogens (primary N) is 1. The second kappa shape index (κ2) is 41.6. The molecular formula is C58H102NO57P3. The van der Waals surface area contributed by atoms with Gasteiger partial charge in [0.25, 0.3) is 5.79 Å². The lowest BCUT2D eigenvalue weighted by Crippen LogP contribution is -2.71. The summed E-state index contributed by atoms with van der Waals surface area (Å²) in [6.07, 6.45) is -108. The Balaban J connectivity index is 1.08. The molecule has 61 heteroatoms. The summed E-state index contributed by atoms with van der Waals surface area (Å²) in [6.45, 7) is -9.16. The van der Waals surface area contributed by atoms with Crippen LogP contribution in [0.25, 0.3) is 0 Å². The van der Waals surface area contributed by atoms with Crippen molar-refractivity contribution < 1.29 is 280 Å². The number of carbonyl (C=O) groups is 1. The molecule has 9 heterocycles. The highest BCUT2D eigenvalue weighted by Crippen LogP contribution is 2.51. The maximum absolute atomic E-state index is 13.1. The van der Waals surface area contributed by atoms with Crippen LogP contribution in [0.2, 0.25) is 0 Å². The lowest BCUT2D eigenvalue weighted by molar-refractivity contribution is -0.399. The predicted molar refractivity (Wildman–Crippen MR) is 354 cm³/mol. The van der Waals surface area contributed by atoms with E-state index in [2.05, 4.69) is 4.52 Å². The summed E-state index contributed by atoms with van der Waals surface area (Å²) in [6, 6.07) is -2.39. The summed E-state index contributed by atoms with van der Waals surface area (Å²) in [7, 11) is -18.8. The molecule has 0 saturated carbocycles. The van der Waals surface area contributed by atoms with Crippen LogP contribution in [0.15, 0.2) is 0 Å². The van der Waals surface area contributed by atoms with Crippen molar-refractivity contribution in [3.05, 3.63) is 0 Å². The van der Waals surface area contributed by atoms with Gasteiger partial charge in [-0.25, -0.2) is 18.5 Å². The maximum atomic E-state index is 13.1. The van der Waals surface area contributed by atoms with Gasteiger partial charge in [-0.2, -0.15) is 0 Å². The van der Waals surface area contributed by atoms with E-state index in [0.717, 1.165) is 0 Å². The first-order valence-corrected chi connectivity index (χ1v) is 40.7. The third-order valence-electron chi connectivity index (χ3n) is 20.7. The summed E-state index contributed by atoms with van der Waals surface area (Å²) >= 11 is 0. The zero-order valence-corrected chi connectivity index (χ0v) is 64.1. The van der Waals surface area contributed by atoms with E-state index in [9.17, 15) is 186 Å². The van der Waals surface area contributed by atoms with Crippen molar-refractivity contribution in [3.63, 3.8) is 0 Å². The lowest BCUT2D eigenvalue weighted by Gasteiger charge is -2.52. The van der Waals surface area contributed by atoms with Crippen LogP contribution in [0.3, 0.4) is 0 Å². The number of aliphatic hydroxyl groups is 26. The Kier molecular flexibility index (Phi) is 35.3. The van der Waals surface area contributed by atoms with Crippen LogP contribution in [-0.4, -0.2) is 514 Å². The number of hydrogen-bond donors (Lipinski definition) is 34. The van der Waals surface area contributed by atoms with Gasteiger partial charge in [-0.15, -0.1) is 0 Å². The van der Waals surface area contributed by atoms with Gasteiger partial charge in [0.05, 0.1) is 71.1 Å². The quantitative estimate of drug-likeness (QED) is 0.0266. The van der Waals surface area contributed by atoms with E-state index in [-0.39, 0.29) is 0 Å². The molecule has 47 atom stereocenters. The van der Waals surface area contributed by atoms with Gasteiger partial charge in [-0.1, -0.05) is 0 Å². The van der Waals surface area contributed by atoms with Gasteiger partial charge in [0, 0.05) is 6.42 Å². The number of phosphoric ester groups is 3. The Bertz CT molecular complexity index is 3320. The summed E-state index contributed by atoms with van der Waals surface area (Å²) in [4.78, 5) is 74.0. The minimum atomic E-state index is -6.39. The van der Waals surface area contributed by atoms with Crippen molar-refractivity contribution in [1.82, 2.24) is 0 Å². The van der Waals surface area contributed by atoms with Crippen LogP contribution in [0, 0.1) is 0 Å². The number of carboxylic acids is 1. The van der Waals surface area contributed by atoms with Crippen molar-refractivity contribution in [2.75, 3.05) is 52.9 Å². The molecule has 0 amide bonds. The van der Waals surface area contributed by atoms with Gasteiger partial charge < -0.3 is 253 Å². The highest BCUT2D eigenvalue weighted by Gasteiger charge is 2.64. The molecule has 119 heavy (non-hydrogen) atoms. The fourth-order valence-electron chi connectivity index (χ4n) is 14.4. The van der Waals surface area contributed by atoms with Gasteiger partial charge in [-0.3, -0.25) is 13.6 Å². The molecule has 0 aromatic carbocycles. The summed E-state index contributed by atoms with van der Waals surface area (Å²) in [5.74, 6) is -5.76. The number of carboxylic acid groups (broad SMARTS) is 1. The lowest BCUT2D eigenvalue weighted by atomic mass is 9.91. The third-order valence-corrected chi connectivity index (χ3v) is 22.3. The number of rotatable bonds is 34. The van der Waals surface area contributed by atoms with E-state index >= 15 is 0 Å². The average Bonchev–Trinajstić information content (AvgIpc) is 0.748. The Labute approximate surface area is 667 Å². The van der Waals surface area contributed by atoms with E-state index in [1.54, 1.807) is 0 Å². The minimum absolute atomic E-state index is 0.968. The second-order valence-electron chi connectivity index (χ2n) is 29.0. The molecule has 9 rings (SSSR count). The monoisotopic (exact) mass is 1820 g/mol. The first-order valence-electron chi connectivity index (χ1n) is 36.1. The predicted octanol–water partition coefficient (Wildman–Crippen LogP) is -20.7. The molecule has 9 aliphatic heterocycles. The van der Waals surface area contributed by atoms with Crippen LogP contribution in [0.4, 0.5) is 0 Å². The Hall–Kier alpha value is -1.96. The van der Waals surface area contributed by atoms with Gasteiger partial charge in [-0.05, 0) is 6.92 Å². The Morgan fingerprint density at radius 1 is 0.387 bits per heavy atom. The molecule has 58 nitrogen and oxygen atoms in total. The van der Waals surface area contributed by atoms with Crippen LogP contribution < -0.4 is 5.73 Å². The van der Waals surface area contributed by atoms with Crippen LogP contribution >= 0.6 is 23.5 Å². The first-order chi connectivity index (χ1) is 55.5. The van der Waals surface area contributed by atoms with Crippen LogP contribution in [0.5, 0.6) is 0 Å². The van der Waals surface area contributed by atoms with Crippen molar-refractivity contribution >= 4 is 29.4 Å². The maximum Gasteiger partial charge on any atom is 0.470 e. The van der Waals surface area contributed by atoms with Gasteiger partial charge >= 0.3 is 29.4 Å². The van der Waals surface area contributed by atoms with Gasteiger partial charge in [0.1, 0.15) is 214 Å². The van der Waals surface area contributed by atoms with Gasteiger partial charge in [0.2, 0.25) is 0 Å². The smallest absolute Gasteiger partial charge is 0.470 e. The molecule has 9 saturated heterocycles. The molecule has 9 aliphatic rings. The second-order valence-corrected chi connectivity index (χ2v) is 32.6. The number of aliphatic carboxylic acids is 1. The van der Waals surface area contributed by atoms with Crippen molar-refractivity contribution in [2.24, 2.45) is 5.73 Å².